The van der Waals surface area contributed by atoms with Gasteiger partial charge in [0.25, 0.3) is 0 Å². The van der Waals surface area contributed by atoms with E-state index in [1.165, 1.54) is 25.9 Å². The molecule has 9 atom stereocenters. The summed E-state index contributed by atoms with van der Waals surface area (Å²) in [6, 6.07) is 11.7. The van der Waals surface area contributed by atoms with Crippen molar-refractivity contribution in [3.05, 3.63) is 65.2 Å². The molecule has 0 radical (unpaired) electrons. The van der Waals surface area contributed by atoms with Gasteiger partial charge in [0.15, 0.2) is 0 Å². The fourth-order valence-corrected chi connectivity index (χ4v) is 12.5. The number of allylic oxidation sites excluding steroid dienone is 2. The highest BCUT2D eigenvalue weighted by Crippen LogP contribution is 2.75. The van der Waals surface area contributed by atoms with Crippen molar-refractivity contribution in [2.75, 3.05) is 14.2 Å². The maximum absolute atomic E-state index is 12.8. The van der Waals surface area contributed by atoms with Crippen molar-refractivity contribution in [3.63, 3.8) is 0 Å². The lowest BCUT2D eigenvalue weighted by Crippen LogP contribution is -2.67. The average Bonchev–Trinajstić information content (AvgIpc) is 3.10. The molecular formula is C45H62O8. The van der Waals surface area contributed by atoms with Crippen LogP contribution in [0, 0.1) is 50.2 Å². The molecule has 2 aromatic rings. The zero-order valence-electron chi connectivity index (χ0n) is 33.3. The number of benzene rings is 2. The number of fused-ring (bicyclic) bond motifs is 7. The molecule has 8 heteroatoms. The van der Waals surface area contributed by atoms with E-state index in [1.54, 1.807) is 30.3 Å². The van der Waals surface area contributed by atoms with Crippen LogP contribution >= 0.6 is 0 Å². The van der Waals surface area contributed by atoms with Gasteiger partial charge in [-0.05, 0) is 103 Å². The maximum atomic E-state index is 12.8. The summed E-state index contributed by atoms with van der Waals surface area (Å²) in [5.41, 5.74) is 0.916. The Morgan fingerprint density at radius 2 is 1.47 bits per heavy atom. The Balaban J connectivity index is 0.000000214. The Kier molecular flexibility index (Phi) is 9.97. The monoisotopic (exact) mass is 730 g/mol. The number of ether oxygens (including phenoxy) is 2. The Morgan fingerprint density at radius 1 is 0.792 bits per heavy atom. The normalized spacial score (nSPS) is 37.9. The van der Waals surface area contributed by atoms with Crippen molar-refractivity contribution in [1.29, 1.82) is 0 Å². The first kappa shape index (κ1) is 39.3. The van der Waals surface area contributed by atoms with Crippen molar-refractivity contribution in [2.24, 2.45) is 50.2 Å². The fraction of sp³-hybridized carbons (Fsp3) is 0.644. The minimum Gasteiger partial charge on any atom is -0.507 e. The number of hydrogen-bond acceptors (Lipinski definition) is 7. The van der Waals surface area contributed by atoms with Crippen LogP contribution < -0.4 is 9.47 Å². The molecule has 4 saturated carbocycles. The van der Waals surface area contributed by atoms with Gasteiger partial charge in [0.2, 0.25) is 5.78 Å². The van der Waals surface area contributed by atoms with E-state index in [9.17, 15) is 30.0 Å². The van der Waals surface area contributed by atoms with Gasteiger partial charge in [-0.15, -0.1) is 0 Å². The number of hydrogen-bond donors (Lipinski definition) is 4. The molecule has 0 spiro atoms. The van der Waals surface area contributed by atoms with Gasteiger partial charge in [-0.3, -0.25) is 9.59 Å². The first-order chi connectivity index (χ1) is 24.7. The second-order valence-electron chi connectivity index (χ2n) is 19.1. The molecule has 0 heterocycles. The third-order valence-electron chi connectivity index (χ3n) is 15.8. The Bertz CT molecular complexity index is 1760. The minimum absolute atomic E-state index is 0.0218. The van der Waals surface area contributed by atoms with Gasteiger partial charge in [0.1, 0.15) is 28.2 Å². The first-order valence-electron chi connectivity index (χ1n) is 19.6. The summed E-state index contributed by atoms with van der Waals surface area (Å²) in [6.45, 7) is 16.4. The number of ketones is 1. The number of carbonyl (C=O) groups is 2. The van der Waals surface area contributed by atoms with Gasteiger partial charge >= 0.3 is 5.97 Å². The predicted octanol–water partition coefficient (Wildman–Crippen LogP) is 8.84. The van der Waals surface area contributed by atoms with Gasteiger partial charge in [-0.25, -0.2) is 0 Å². The summed E-state index contributed by atoms with van der Waals surface area (Å²) >= 11 is 0. The van der Waals surface area contributed by atoms with Crippen LogP contribution in [0.2, 0.25) is 0 Å². The highest BCUT2D eigenvalue weighted by atomic mass is 16.5. The van der Waals surface area contributed by atoms with E-state index in [0.29, 0.717) is 36.0 Å². The average molecular weight is 731 g/mol. The largest absolute Gasteiger partial charge is 0.507 e. The maximum Gasteiger partial charge on any atom is 0.312 e. The standard InChI is InChI=1S/C30H48O4.C15H14O4/c1-25(2)14-15-30(24(33)34)19(16-25)18-8-9-21-27(5)12-11-22(31)26(3,4)20(27)10-13-28(21,6)29(18,7)17-23(30)32;1-18-11-8-12(16)14(13(9-11)19-2)15(17)10-6-4-3-5-7-10/h8,19-23,31-32H,9-17H2,1-7H3,(H,33,34);3-9,16H,1-2H3. The highest BCUT2D eigenvalue weighted by Gasteiger charge is 2.71. The summed E-state index contributed by atoms with van der Waals surface area (Å²) in [4.78, 5) is 25.2. The molecule has 4 fully saturated rings. The molecule has 5 aliphatic carbocycles. The van der Waals surface area contributed by atoms with E-state index in [-0.39, 0.29) is 61.9 Å². The van der Waals surface area contributed by atoms with Crippen molar-refractivity contribution in [2.45, 2.75) is 118 Å². The Morgan fingerprint density at radius 3 is 2.09 bits per heavy atom. The van der Waals surface area contributed by atoms with Gasteiger partial charge in [0.05, 0.1) is 26.4 Å². The molecule has 4 N–H and O–H groups in total. The quantitative estimate of drug-likeness (QED) is 0.177. The van der Waals surface area contributed by atoms with Crippen LogP contribution in [-0.4, -0.2) is 58.6 Å². The van der Waals surface area contributed by atoms with Crippen molar-refractivity contribution < 1.29 is 39.5 Å². The Labute approximate surface area is 316 Å². The van der Waals surface area contributed by atoms with Gasteiger partial charge < -0.3 is 29.9 Å². The Hall–Kier alpha value is -3.36. The third kappa shape index (κ3) is 5.92. The summed E-state index contributed by atoms with van der Waals surface area (Å²) in [5.74, 6) is 0.346. The van der Waals surface area contributed by atoms with E-state index in [0.717, 1.165) is 44.9 Å². The topological polar surface area (TPSA) is 134 Å². The van der Waals surface area contributed by atoms with Gasteiger partial charge in [-0.1, -0.05) is 90.4 Å². The molecule has 0 saturated heterocycles. The number of carbonyl (C=O) groups excluding carboxylic acids is 1. The molecule has 0 bridgehead atoms. The van der Waals surface area contributed by atoms with E-state index in [1.807, 2.05) is 6.07 Å². The molecule has 9 unspecified atom stereocenters. The van der Waals surface area contributed by atoms with E-state index in [4.69, 9.17) is 9.47 Å². The predicted molar refractivity (Wildman–Crippen MR) is 205 cm³/mol. The van der Waals surface area contributed by atoms with Gasteiger partial charge in [-0.2, -0.15) is 0 Å². The molecule has 290 valence electrons. The second kappa shape index (κ2) is 13.4. The lowest BCUT2D eigenvalue weighted by molar-refractivity contribution is -0.218. The van der Waals surface area contributed by atoms with Crippen molar-refractivity contribution in [1.82, 2.24) is 0 Å². The molecule has 0 aliphatic heterocycles. The number of aliphatic hydroxyl groups excluding tert-OH is 2. The molecule has 0 amide bonds. The lowest BCUT2D eigenvalue weighted by Gasteiger charge is -2.71. The number of phenolic OH excluding ortho intramolecular Hbond substituents is 1. The van der Waals surface area contributed by atoms with Crippen LogP contribution in [0.15, 0.2) is 54.1 Å². The van der Waals surface area contributed by atoms with E-state index < -0.39 is 17.5 Å². The van der Waals surface area contributed by atoms with Crippen LogP contribution in [0.25, 0.3) is 0 Å². The third-order valence-corrected chi connectivity index (χ3v) is 15.8. The number of aliphatic carboxylic acids is 1. The first-order valence-corrected chi connectivity index (χ1v) is 19.6. The number of aliphatic hydroxyl groups is 2. The summed E-state index contributed by atoms with van der Waals surface area (Å²) < 4.78 is 10.2. The molecule has 7 rings (SSSR count). The molecule has 8 nitrogen and oxygen atoms in total. The summed E-state index contributed by atoms with van der Waals surface area (Å²) in [7, 11) is 2.92. The lowest BCUT2D eigenvalue weighted by atomic mass is 9.33. The molecule has 53 heavy (non-hydrogen) atoms. The zero-order valence-corrected chi connectivity index (χ0v) is 33.3. The number of aromatic hydroxyl groups is 1. The number of carboxylic acids is 1. The van der Waals surface area contributed by atoms with Crippen molar-refractivity contribution in [3.8, 4) is 17.2 Å². The van der Waals surface area contributed by atoms with Crippen LogP contribution in [0.1, 0.15) is 122 Å². The highest BCUT2D eigenvalue weighted by molar-refractivity contribution is 6.12. The van der Waals surface area contributed by atoms with E-state index in [2.05, 4.69) is 54.5 Å². The second-order valence-corrected chi connectivity index (χ2v) is 19.1. The molecular weight excluding hydrogens is 668 g/mol. The minimum atomic E-state index is -1.04. The number of phenols is 1. The van der Waals surface area contributed by atoms with Crippen molar-refractivity contribution >= 4 is 11.8 Å². The number of carboxylic acid groups (broad SMARTS) is 1. The molecule has 0 aromatic heterocycles. The SMILES string of the molecule is CC1(C)CCC2(C(=O)O)C(O)CC3(C)C(=CCC4C5(C)CCC(O)C(C)(C)C5CCC43C)C2C1.COc1cc(O)c(C(=O)c2ccccc2)c(OC)c1. The van der Waals surface area contributed by atoms with Crippen LogP contribution in [0.3, 0.4) is 0 Å². The molecule has 2 aromatic carbocycles. The fourth-order valence-electron chi connectivity index (χ4n) is 12.5. The van der Waals surface area contributed by atoms with Crippen LogP contribution in [0.4, 0.5) is 0 Å². The zero-order chi connectivity index (χ0) is 38.9. The molecule has 5 aliphatic rings. The summed E-state index contributed by atoms with van der Waals surface area (Å²) in [5, 5.41) is 43.0. The van der Waals surface area contributed by atoms with Crippen LogP contribution in [0.5, 0.6) is 17.2 Å². The number of methoxy groups -OCH3 is 2. The summed E-state index contributed by atoms with van der Waals surface area (Å²) in [6.07, 6.45) is 9.35. The smallest absolute Gasteiger partial charge is 0.312 e. The van der Waals surface area contributed by atoms with Gasteiger partial charge in [0, 0.05) is 17.7 Å². The van der Waals surface area contributed by atoms with E-state index >= 15 is 0 Å². The van der Waals surface area contributed by atoms with Crippen LogP contribution in [-0.2, 0) is 4.79 Å². The number of rotatable bonds is 5.